The molecule has 0 radical (unpaired) electrons. The summed E-state index contributed by atoms with van der Waals surface area (Å²) in [5.41, 5.74) is 0. The molecule has 9 nitrogen and oxygen atoms in total. The molecule has 124 valence electrons. The van der Waals surface area contributed by atoms with Crippen molar-refractivity contribution < 1.29 is 43.3 Å². The first kappa shape index (κ1) is 19.7. The number of carbonyl (C=O) groups is 5. The van der Waals surface area contributed by atoms with Gasteiger partial charge in [0.05, 0.1) is 6.61 Å². The summed E-state index contributed by atoms with van der Waals surface area (Å²) in [6, 6.07) is 0. The lowest BCUT2D eigenvalue weighted by atomic mass is 10.0. The van der Waals surface area contributed by atoms with Gasteiger partial charge in [0.15, 0.2) is 18.0 Å². The van der Waals surface area contributed by atoms with Gasteiger partial charge >= 0.3 is 17.9 Å². The molecule has 0 fully saturated rings. The van der Waals surface area contributed by atoms with E-state index in [0.29, 0.717) is 0 Å². The fraction of sp³-hybridized carbons (Fsp3) is 0.615. The second-order valence-corrected chi connectivity index (χ2v) is 4.35. The Hall–Kier alpha value is -2.29. The van der Waals surface area contributed by atoms with Gasteiger partial charge in [0.1, 0.15) is 0 Å². The van der Waals surface area contributed by atoms with E-state index in [1.165, 1.54) is 0 Å². The number of aliphatic hydroxyl groups excluding tert-OH is 1. The Kier molecular flexibility index (Phi) is 7.95. The summed E-state index contributed by atoms with van der Waals surface area (Å²) in [6.45, 7) is 3.12. The minimum Gasteiger partial charge on any atom is -0.456 e. The molecule has 0 unspecified atom stereocenters. The molecule has 22 heavy (non-hydrogen) atoms. The molecule has 0 saturated heterocycles. The van der Waals surface area contributed by atoms with Gasteiger partial charge in [0, 0.05) is 27.7 Å². The number of carbonyl (C=O) groups excluding carboxylic acids is 5. The van der Waals surface area contributed by atoms with Gasteiger partial charge in [0.25, 0.3) is 0 Å². The lowest BCUT2D eigenvalue weighted by Gasteiger charge is -2.29. The van der Waals surface area contributed by atoms with Crippen LogP contribution in [0.1, 0.15) is 27.7 Å². The maximum absolute atomic E-state index is 11.9. The SMILES string of the molecule is CC(=O)O[C@@H]([C@@H](CO)OC(C)=O)[C@@H](OC(C)=O)C(=O)C(C)=O. The quantitative estimate of drug-likeness (QED) is 0.337. The van der Waals surface area contributed by atoms with Gasteiger partial charge in [-0.2, -0.15) is 0 Å². The summed E-state index contributed by atoms with van der Waals surface area (Å²) in [5, 5.41) is 9.26. The number of aliphatic hydroxyl groups is 1. The smallest absolute Gasteiger partial charge is 0.303 e. The van der Waals surface area contributed by atoms with E-state index in [9.17, 15) is 29.1 Å². The molecule has 0 saturated carbocycles. The number of Topliss-reactive ketones (excluding diaryl/α,β-unsaturated/α-hetero) is 2. The van der Waals surface area contributed by atoms with Gasteiger partial charge in [-0.1, -0.05) is 0 Å². The third kappa shape index (κ3) is 6.44. The first-order valence-electron chi connectivity index (χ1n) is 6.27. The zero-order valence-corrected chi connectivity index (χ0v) is 12.7. The van der Waals surface area contributed by atoms with Crippen LogP contribution in [0.15, 0.2) is 0 Å². The Morgan fingerprint density at radius 3 is 1.59 bits per heavy atom. The van der Waals surface area contributed by atoms with Crippen LogP contribution in [0.25, 0.3) is 0 Å². The molecule has 0 aliphatic heterocycles. The van der Waals surface area contributed by atoms with Crippen molar-refractivity contribution in [2.24, 2.45) is 0 Å². The van der Waals surface area contributed by atoms with Gasteiger partial charge in [0.2, 0.25) is 11.9 Å². The molecule has 9 heteroatoms. The minimum absolute atomic E-state index is 0.819. The first-order valence-corrected chi connectivity index (χ1v) is 6.27. The highest BCUT2D eigenvalue weighted by Crippen LogP contribution is 2.15. The molecule has 0 rings (SSSR count). The number of esters is 3. The van der Waals surface area contributed by atoms with Crippen LogP contribution in [0, 0.1) is 0 Å². The summed E-state index contributed by atoms with van der Waals surface area (Å²) >= 11 is 0. The molecule has 0 spiro atoms. The summed E-state index contributed by atoms with van der Waals surface area (Å²) in [4.78, 5) is 56.4. The van der Waals surface area contributed by atoms with Crippen LogP contribution in [0.2, 0.25) is 0 Å². The van der Waals surface area contributed by atoms with Gasteiger partial charge in [-0.25, -0.2) is 0 Å². The van der Waals surface area contributed by atoms with E-state index in [1.807, 2.05) is 0 Å². The number of hydrogen-bond donors (Lipinski definition) is 1. The van der Waals surface area contributed by atoms with E-state index in [4.69, 9.17) is 14.2 Å². The molecule has 1 N–H and O–H groups in total. The zero-order valence-electron chi connectivity index (χ0n) is 12.7. The predicted octanol–water partition coefficient (Wildman–Crippen LogP) is -1.07. The van der Waals surface area contributed by atoms with E-state index in [0.717, 1.165) is 27.7 Å². The maximum Gasteiger partial charge on any atom is 0.303 e. The number of ketones is 2. The van der Waals surface area contributed by atoms with Crippen molar-refractivity contribution >= 4 is 29.5 Å². The van der Waals surface area contributed by atoms with Gasteiger partial charge in [-0.05, 0) is 0 Å². The van der Waals surface area contributed by atoms with Crippen molar-refractivity contribution in [1.29, 1.82) is 0 Å². The molecule has 0 amide bonds. The van der Waals surface area contributed by atoms with Crippen LogP contribution in [-0.4, -0.2) is 59.5 Å². The Balaban J connectivity index is 5.65. The fourth-order valence-corrected chi connectivity index (χ4v) is 1.59. The fourth-order valence-electron chi connectivity index (χ4n) is 1.59. The van der Waals surface area contributed by atoms with E-state index < -0.39 is 54.4 Å². The minimum atomic E-state index is -1.82. The highest BCUT2D eigenvalue weighted by atomic mass is 16.6. The van der Waals surface area contributed by atoms with Crippen LogP contribution in [0.4, 0.5) is 0 Å². The third-order valence-electron chi connectivity index (χ3n) is 2.36. The monoisotopic (exact) mass is 318 g/mol. The van der Waals surface area contributed by atoms with Crippen molar-refractivity contribution in [2.75, 3.05) is 6.61 Å². The molecule has 0 aromatic carbocycles. The molecule has 0 aromatic rings. The van der Waals surface area contributed by atoms with Crippen LogP contribution < -0.4 is 0 Å². The summed E-state index contributed by atoms with van der Waals surface area (Å²) in [5.74, 6) is -4.75. The molecule has 0 heterocycles. The predicted molar refractivity (Wildman–Crippen MR) is 69.4 cm³/mol. The van der Waals surface area contributed by atoms with Crippen molar-refractivity contribution in [2.45, 2.75) is 46.0 Å². The van der Waals surface area contributed by atoms with Crippen molar-refractivity contribution in [3.63, 3.8) is 0 Å². The number of ether oxygens (including phenoxy) is 3. The highest BCUT2D eigenvalue weighted by molar-refractivity contribution is 6.38. The average Bonchev–Trinajstić information content (AvgIpc) is 2.38. The Bertz CT molecular complexity index is 468. The second-order valence-electron chi connectivity index (χ2n) is 4.35. The average molecular weight is 318 g/mol. The summed E-state index contributed by atoms with van der Waals surface area (Å²) in [7, 11) is 0. The van der Waals surface area contributed by atoms with E-state index >= 15 is 0 Å². The van der Waals surface area contributed by atoms with Crippen molar-refractivity contribution in [1.82, 2.24) is 0 Å². The Labute approximate surface area is 126 Å². The van der Waals surface area contributed by atoms with Crippen LogP contribution >= 0.6 is 0 Å². The maximum atomic E-state index is 11.9. The van der Waals surface area contributed by atoms with Gasteiger partial charge in [-0.3, -0.25) is 24.0 Å². The molecule has 0 aliphatic carbocycles. The van der Waals surface area contributed by atoms with Crippen molar-refractivity contribution in [3.05, 3.63) is 0 Å². The van der Waals surface area contributed by atoms with Gasteiger partial charge < -0.3 is 19.3 Å². The van der Waals surface area contributed by atoms with E-state index in [2.05, 4.69) is 0 Å². The Morgan fingerprint density at radius 2 is 1.27 bits per heavy atom. The molecule has 3 atom stereocenters. The van der Waals surface area contributed by atoms with E-state index in [1.54, 1.807) is 0 Å². The van der Waals surface area contributed by atoms with Crippen LogP contribution in [0.3, 0.4) is 0 Å². The molecular formula is C13H18O9. The van der Waals surface area contributed by atoms with E-state index in [-0.39, 0.29) is 0 Å². The van der Waals surface area contributed by atoms with Crippen LogP contribution in [-0.2, 0) is 38.2 Å². The number of rotatable bonds is 8. The topological polar surface area (TPSA) is 133 Å². The third-order valence-corrected chi connectivity index (χ3v) is 2.36. The molecule has 0 bridgehead atoms. The molecule has 0 aromatic heterocycles. The lowest BCUT2D eigenvalue weighted by Crippen LogP contribution is -2.51. The first-order chi connectivity index (χ1) is 10.1. The largest absolute Gasteiger partial charge is 0.456 e. The number of hydrogen-bond acceptors (Lipinski definition) is 9. The second kappa shape index (κ2) is 8.88. The zero-order chi connectivity index (χ0) is 17.4. The van der Waals surface area contributed by atoms with Crippen molar-refractivity contribution in [3.8, 4) is 0 Å². The normalized spacial score (nSPS) is 14.2. The van der Waals surface area contributed by atoms with Gasteiger partial charge in [-0.15, -0.1) is 0 Å². The molecule has 0 aliphatic rings. The standard InChI is InChI=1S/C13H18O9/c1-6(15)11(19)13(22-9(4)18)12(21-8(3)17)10(5-14)20-7(2)16/h10,12-14H,5H2,1-4H3/t10-,12+,13+/m1/s1. The lowest BCUT2D eigenvalue weighted by molar-refractivity contribution is -0.188. The Morgan fingerprint density at radius 1 is 0.818 bits per heavy atom. The van der Waals surface area contributed by atoms with Crippen LogP contribution in [0.5, 0.6) is 0 Å². The molecular weight excluding hydrogens is 300 g/mol. The summed E-state index contributed by atoms with van der Waals surface area (Å²) < 4.78 is 14.3. The highest BCUT2D eigenvalue weighted by Gasteiger charge is 2.42. The summed E-state index contributed by atoms with van der Waals surface area (Å²) in [6.07, 6.45) is -4.95.